The first kappa shape index (κ1) is 15.5. The van der Waals surface area contributed by atoms with Crippen LogP contribution in [0.2, 0.25) is 0 Å². The number of primary amides is 1. The second-order valence-electron chi connectivity index (χ2n) is 5.29. The largest absolute Gasteiger partial charge is 0.366 e. The molecule has 0 radical (unpaired) electrons. The van der Waals surface area contributed by atoms with Crippen LogP contribution in [0, 0.1) is 0 Å². The first-order chi connectivity index (χ1) is 11.1. The average Bonchev–Trinajstić information content (AvgIpc) is 3.15. The van der Waals surface area contributed by atoms with Gasteiger partial charge >= 0.3 is 0 Å². The molecule has 4 N–H and O–H groups in total. The number of benzene rings is 1. The molecule has 1 aromatic carbocycles. The monoisotopic (exact) mass is 326 g/mol. The van der Waals surface area contributed by atoms with Crippen LogP contribution in [0.5, 0.6) is 0 Å². The second-order valence-corrected chi connectivity index (χ2v) is 6.38. The van der Waals surface area contributed by atoms with Crippen LogP contribution < -0.4 is 11.5 Å². The first-order valence-electron chi connectivity index (χ1n) is 7.28. The van der Waals surface area contributed by atoms with Gasteiger partial charge in [-0.05, 0) is 17.7 Å². The molecular weight excluding hydrogens is 308 g/mol. The summed E-state index contributed by atoms with van der Waals surface area (Å²) in [5, 5.41) is 4.18. The fourth-order valence-corrected chi connectivity index (χ4v) is 4.04. The lowest BCUT2D eigenvalue weighted by atomic mass is 9.95. The minimum atomic E-state index is -0.431. The summed E-state index contributed by atoms with van der Waals surface area (Å²) in [5.41, 5.74) is 14.2. The van der Waals surface area contributed by atoms with Gasteiger partial charge < -0.3 is 11.5 Å². The summed E-state index contributed by atoms with van der Waals surface area (Å²) >= 11 is 1.55. The number of rotatable bonds is 5. The Morgan fingerprint density at radius 1 is 1.30 bits per heavy atom. The Balaban J connectivity index is 2.12. The highest BCUT2D eigenvalue weighted by Crippen LogP contribution is 2.37. The highest BCUT2D eigenvalue weighted by Gasteiger charge is 2.23. The van der Waals surface area contributed by atoms with Gasteiger partial charge in [0.25, 0.3) is 0 Å². The summed E-state index contributed by atoms with van der Waals surface area (Å²) in [7, 11) is 1.87. The molecule has 0 fully saturated rings. The molecule has 0 saturated heterocycles. The standard InChI is InChI=1S/C17H18N4OS/c1-21-14(7-8-20-21)15-9-12(17(19)22)16(23-15)13(10-18)11-5-3-2-4-6-11/h2-9,13H,10,18H2,1H3,(H2,19,22). The topological polar surface area (TPSA) is 86.9 Å². The van der Waals surface area contributed by atoms with Crippen LogP contribution in [0.25, 0.3) is 10.6 Å². The molecule has 1 atom stereocenters. The number of hydrogen-bond acceptors (Lipinski definition) is 4. The summed E-state index contributed by atoms with van der Waals surface area (Å²) in [4.78, 5) is 13.8. The van der Waals surface area contributed by atoms with Crippen LogP contribution in [0.3, 0.4) is 0 Å². The molecule has 0 aliphatic rings. The molecule has 1 amide bonds. The van der Waals surface area contributed by atoms with Crippen LogP contribution in [-0.4, -0.2) is 22.2 Å². The van der Waals surface area contributed by atoms with Gasteiger partial charge in [0.2, 0.25) is 5.91 Å². The van der Waals surface area contributed by atoms with Crippen molar-refractivity contribution in [3.63, 3.8) is 0 Å². The zero-order valence-electron chi connectivity index (χ0n) is 12.8. The molecule has 0 bridgehead atoms. The van der Waals surface area contributed by atoms with E-state index in [9.17, 15) is 4.79 Å². The van der Waals surface area contributed by atoms with Gasteiger partial charge in [0.05, 0.1) is 16.1 Å². The van der Waals surface area contributed by atoms with Crippen molar-refractivity contribution in [2.45, 2.75) is 5.92 Å². The van der Waals surface area contributed by atoms with Crippen LogP contribution in [0.4, 0.5) is 0 Å². The lowest BCUT2D eigenvalue weighted by Gasteiger charge is -2.15. The highest BCUT2D eigenvalue weighted by molar-refractivity contribution is 7.16. The molecule has 0 aliphatic carbocycles. The molecule has 0 saturated carbocycles. The van der Waals surface area contributed by atoms with Gasteiger partial charge in [-0.25, -0.2) is 0 Å². The number of carbonyl (C=O) groups excluding carboxylic acids is 1. The molecule has 2 aromatic heterocycles. The molecule has 23 heavy (non-hydrogen) atoms. The van der Waals surface area contributed by atoms with E-state index < -0.39 is 5.91 Å². The van der Waals surface area contributed by atoms with Crippen LogP contribution in [0.15, 0.2) is 48.7 Å². The molecule has 2 heterocycles. The Labute approximate surface area is 138 Å². The maximum absolute atomic E-state index is 11.9. The SMILES string of the molecule is Cn1nccc1-c1cc(C(N)=O)c(C(CN)c2ccccc2)s1. The number of nitrogens with zero attached hydrogens (tertiary/aromatic N) is 2. The minimum absolute atomic E-state index is 0.0503. The number of aryl methyl sites for hydroxylation is 1. The lowest BCUT2D eigenvalue weighted by Crippen LogP contribution is -2.18. The van der Waals surface area contributed by atoms with Crippen LogP contribution in [-0.2, 0) is 7.05 Å². The normalized spacial score (nSPS) is 12.3. The summed E-state index contributed by atoms with van der Waals surface area (Å²) in [6.07, 6.45) is 1.73. The van der Waals surface area contributed by atoms with E-state index in [0.717, 1.165) is 21.0 Å². The summed E-state index contributed by atoms with van der Waals surface area (Å²) in [6.45, 7) is 0.412. The average molecular weight is 326 g/mol. The lowest BCUT2D eigenvalue weighted by molar-refractivity contribution is 0.1000. The Morgan fingerprint density at radius 3 is 2.61 bits per heavy atom. The summed E-state index contributed by atoms with van der Waals surface area (Å²) in [6, 6.07) is 13.7. The van der Waals surface area contributed by atoms with Crippen molar-refractivity contribution < 1.29 is 4.79 Å². The predicted octanol–water partition coefficient (Wildman–Crippen LogP) is 2.34. The van der Waals surface area contributed by atoms with Crippen molar-refractivity contribution in [3.05, 3.63) is 64.7 Å². The van der Waals surface area contributed by atoms with Gasteiger partial charge in [-0.2, -0.15) is 5.10 Å². The van der Waals surface area contributed by atoms with Crippen LogP contribution >= 0.6 is 11.3 Å². The third-order valence-corrected chi connectivity index (χ3v) is 5.13. The van der Waals surface area contributed by atoms with E-state index in [-0.39, 0.29) is 5.92 Å². The van der Waals surface area contributed by atoms with Crippen LogP contribution in [0.1, 0.15) is 26.7 Å². The second kappa shape index (κ2) is 6.36. The molecular formula is C17H18N4OS. The molecule has 0 spiro atoms. The van der Waals surface area contributed by atoms with Gasteiger partial charge in [-0.15, -0.1) is 11.3 Å². The molecule has 3 rings (SSSR count). The molecule has 6 heteroatoms. The van der Waals surface area contributed by atoms with Crippen molar-refractivity contribution >= 4 is 17.2 Å². The molecule has 1 unspecified atom stereocenters. The molecule has 0 aliphatic heterocycles. The Bertz CT molecular complexity index is 822. The van der Waals surface area contributed by atoms with E-state index in [1.54, 1.807) is 22.2 Å². The van der Waals surface area contributed by atoms with Crippen molar-refractivity contribution in [1.29, 1.82) is 0 Å². The number of thiophene rings is 1. The fraction of sp³-hybridized carbons (Fsp3) is 0.176. The van der Waals surface area contributed by atoms with Crippen molar-refractivity contribution in [1.82, 2.24) is 9.78 Å². The van der Waals surface area contributed by atoms with E-state index in [4.69, 9.17) is 11.5 Å². The maximum atomic E-state index is 11.9. The first-order valence-corrected chi connectivity index (χ1v) is 8.10. The zero-order valence-corrected chi connectivity index (χ0v) is 13.6. The highest BCUT2D eigenvalue weighted by atomic mass is 32.1. The quantitative estimate of drug-likeness (QED) is 0.754. The van der Waals surface area contributed by atoms with Gasteiger partial charge in [-0.1, -0.05) is 30.3 Å². The third-order valence-electron chi connectivity index (χ3n) is 3.85. The van der Waals surface area contributed by atoms with E-state index >= 15 is 0 Å². The molecule has 118 valence electrons. The zero-order chi connectivity index (χ0) is 16.4. The summed E-state index contributed by atoms with van der Waals surface area (Å²) < 4.78 is 1.78. The minimum Gasteiger partial charge on any atom is -0.366 e. The number of carbonyl (C=O) groups is 1. The summed E-state index contributed by atoms with van der Waals surface area (Å²) in [5.74, 6) is -0.482. The van der Waals surface area contributed by atoms with E-state index in [2.05, 4.69) is 5.10 Å². The van der Waals surface area contributed by atoms with E-state index in [1.165, 1.54) is 0 Å². The maximum Gasteiger partial charge on any atom is 0.249 e. The van der Waals surface area contributed by atoms with E-state index in [0.29, 0.717) is 12.1 Å². The predicted molar refractivity (Wildman–Crippen MR) is 92.4 cm³/mol. The Morgan fingerprint density at radius 2 is 2.04 bits per heavy atom. The van der Waals surface area contributed by atoms with E-state index in [1.807, 2.05) is 49.5 Å². The Hall–Kier alpha value is -2.44. The van der Waals surface area contributed by atoms with Crippen molar-refractivity contribution in [3.8, 4) is 10.6 Å². The van der Waals surface area contributed by atoms with Gasteiger partial charge in [-0.3, -0.25) is 9.48 Å². The number of hydrogen-bond donors (Lipinski definition) is 2. The number of amides is 1. The van der Waals surface area contributed by atoms with Gasteiger partial charge in [0.1, 0.15) is 0 Å². The smallest absolute Gasteiger partial charge is 0.249 e. The van der Waals surface area contributed by atoms with Gasteiger partial charge in [0, 0.05) is 30.6 Å². The number of nitrogens with two attached hydrogens (primary N) is 2. The fourth-order valence-electron chi connectivity index (χ4n) is 2.68. The van der Waals surface area contributed by atoms with Crippen molar-refractivity contribution in [2.24, 2.45) is 18.5 Å². The molecule has 3 aromatic rings. The molecule has 5 nitrogen and oxygen atoms in total. The number of aromatic nitrogens is 2. The van der Waals surface area contributed by atoms with Gasteiger partial charge in [0.15, 0.2) is 0 Å². The third kappa shape index (κ3) is 2.91. The Kier molecular flexibility index (Phi) is 4.27. The van der Waals surface area contributed by atoms with Crippen molar-refractivity contribution in [2.75, 3.05) is 6.54 Å².